The lowest BCUT2D eigenvalue weighted by Crippen LogP contribution is -2.63. The van der Waals surface area contributed by atoms with Gasteiger partial charge in [-0.1, -0.05) is 11.8 Å². The number of fused-ring (bicyclic) bond motifs is 1. The van der Waals surface area contributed by atoms with E-state index in [0.29, 0.717) is 24.8 Å². The molecule has 0 spiro atoms. The summed E-state index contributed by atoms with van der Waals surface area (Å²) in [5.74, 6) is 0.142. The van der Waals surface area contributed by atoms with E-state index in [9.17, 15) is 14.4 Å². The van der Waals surface area contributed by atoms with Gasteiger partial charge in [-0.25, -0.2) is 4.98 Å². The lowest BCUT2D eigenvalue weighted by Gasteiger charge is -2.41. The molecule has 0 aliphatic carbocycles. The highest BCUT2D eigenvalue weighted by molar-refractivity contribution is 7.99. The van der Waals surface area contributed by atoms with Crippen LogP contribution in [0.4, 0.5) is 0 Å². The molecule has 1 saturated heterocycles. The van der Waals surface area contributed by atoms with Crippen molar-refractivity contribution in [2.45, 2.75) is 31.1 Å². The number of carbonyl (C=O) groups excluding carboxylic acids is 2. The fraction of sp³-hybridized carbons (Fsp3) is 0.538. The fourth-order valence-electron chi connectivity index (χ4n) is 2.56. The smallest absolute Gasteiger partial charge is 0.267 e. The molecule has 0 radical (unpaired) electrons. The number of thioether (sulfide) groups is 1. The van der Waals surface area contributed by atoms with Crippen molar-refractivity contribution in [2.24, 2.45) is 0 Å². The molecule has 1 fully saturated rings. The molecule has 2 amide bonds. The molecule has 8 heteroatoms. The fourth-order valence-corrected chi connectivity index (χ4v) is 3.48. The van der Waals surface area contributed by atoms with Crippen molar-refractivity contribution in [3.63, 3.8) is 0 Å². The topological polar surface area (TPSA) is 84.3 Å². The normalized spacial score (nSPS) is 20.1. The summed E-state index contributed by atoms with van der Waals surface area (Å²) in [6.45, 7) is 4.69. The lowest BCUT2D eigenvalue weighted by atomic mass is 9.98. The Morgan fingerprint density at radius 3 is 2.90 bits per heavy atom. The first-order chi connectivity index (χ1) is 9.93. The van der Waals surface area contributed by atoms with Gasteiger partial charge in [0.25, 0.3) is 11.5 Å². The number of nitrogens with one attached hydrogen (secondary N) is 1. The predicted molar refractivity (Wildman–Crippen MR) is 77.3 cm³/mol. The second-order valence-corrected chi connectivity index (χ2v) is 6.59. The van der Waals surface area contributed by atoms with Gasteiger partial charge in [0.1, 0.15) is 11.1 Å². The van der Waals surface area contributed by atoms with Crippen molar-refractivity contribution in [1.82, 2.24) is 19.8 Å². The molecule has 0 atom stereocenters. The molecule has 112 valence electrons. The molecule has 0 unspecified atom stereocenters. The minimum Gasteiger partial charge on any atom is -0.352 e. The molecule has 3 rings (SSSR count). The Labute approximate surface area is 125 Å². The van der Waals surface area contributed by atoms with Crippen molar-refractivity contribution in [3.05, 3.63) is 22.1 Å². The molecule has 2 aliphatic rings. The van der Waals surface area contributed by atoms with Gasteiger partial charge in [0.2, 0.25) is 5.91 Å². The highest BCUT2D eigenvalue weighted by Crippen LogP contribution is 2.23. The van der Waals surface area contributed by atoms with Gasteiger partial charge in [0.15, 0.2) is 5.16 Å². The molecule has 3 heterocycles. The number of aromatic nitrogens is 2. The largest absolute Gasteiger partial charge is 0.352 e. The van der Waals surface area contributed by atoms with Crippen LogP contribution in [0.2, 0.25) is 0 Å². The molecule has 0 bridgehead atoms. The van der Waals surface area contributed by atoms with Crippen molar-refractivity contribution >= 4 is 23.6 Å². The van der Waals surface area contributed by atoms with Crippen molar-refractivity contribution in [3.8, 4) is 0 Å². The Hall–Kier alpha value is -1.83. The van der Waals surface area contributed by atoms with Crippen LogP contribution in [0.1, 0.15) is 24.2 Å². The Morgan fingerprint density at radius 1 is 1.38 bits per heavy atom. The maximum atomic E-state index is 12.7. The van der Waals surface area contributed by atoms with Crippen molar-refractivity contribution in [1.29, 1.82) is 0 Å². The average Bonchev–Trinajstić information content (AvgIpc) is 2.91. The minimum absolute atomic E-state index is 0.0315. The van der Waals surface area contributed by atoms with E-state index >= 15 is 0 Å². The standard InChI is InChI=1S/C13H16N4O3S/c1-13(2)11(20)14-3-4-17(13)10(19)8-7-15-12-16(9(8)18)5-6-21-12/h7H,3-6H2,1-2H3,(H,14,20). The number of hydrogen-bond acceptors (Lipinski definition) is 5. The van der Waals surface area contributed by atoms with Gasteiger partial charge in [0.05, 0.1) is 0 Å². The van der Waals surface area contributed by atoms with Crippen LogP contribution in [0, 0.1) is 0 Å². The third-order valence-electron chi connectivity index (χ3n) is 3.88. The van der Waals surface area contributed by atoms with Crippen LogP contribution in [0.25, 0.3) is 0 Å². The van der Waals surface area contributed by atoms with Crippen LogP contribution >= 0.6 is 11.8 Å². The van der Waals surface area contributed by atoms with Gasteiger partial charge in [-0.3, -0.25) is 19.0 Å². The van der Waals surface area contributed by atoms with Crippen LogP contribution in [0.15, 0.2) is 16.1 Å². The van der Waals surface area contributed by atoms with Gasteiger partial charge in [-0.15, -0.1) is 0 Å². The zero-order valence-corrected chi connectivity index (χ0v) is 12.7. The molecular formula is C13H16N4O3S. The summed E-state index contributed by atoms with van der Waals surface area (Å²) in [7, 11) is 0. The van der Waals surface area contributed by atoms with Crippen LogP contribution in [-0.2, 0) is 11.3 Å². The average molecular weight is 308 g/mol. The maximum absolute atomic E-state index is 12.7. The van der Waals surface area contributed by atoms with E-state index in [1.54, 1.807) is 13.8 Å². The van der Waals surface area contributed by atoms with Crippen LogP contribution in [0.3, 0.4) is 0 Å². The second-order valence-electron chi connectivity index (χ2n) is 5.53. The van der Waals surface area contributed by atoms with E-state index in [1.807, 2.05) is 0 Å². The number of rotatable bonds is 1. The minimum atomic E-state index is -0.972. The summed E-state index contributed by atoms with van der Waals surface area (Å²) >= 11 is 1.50. The summed E-state index contributed by atoms with van der Waals surface area (Å²) in [5.41, 5.74) is -1.26. The lowest BCUT2D eigenvalue weighted by molar-refractivity contribution is -0.133. The van der Waals surface area contributed by atoms with Crippen molar-refractivity contribution < 1.29 is 9.59 Å². The van der Waals surface area contributed by atoms with Gasteiger partial charge in [-0.05, 0) is 13.8 Å². The first-order valence-corrected chi connectivity index (χ1v) is 7.74. The molecule has 2 aliphatic heterocycles. The van der Waals surface area contributed by atoms with E-state index in [0.717, 1.165) is 5.75 Å². The Balaban J connectivity index is 2.00. The highest BCUT2D eigenvalue weighted by Gasteiger charge is 2.41. The third kappa shape index (κ3) is 2.14. The number of hydrogen-bond donors (Lipinski definition) is 1. The summed E-state index contributed by atoms with van der Waals surface area (Å²) in [5, 5.41) is 3.38. The first-order valence-electron chi connectivity index (χ1n) is 6.76. The van der Waals surface area contributed by atoms with E-state index in [4.69, 9.17) is 0 Å². The number of piperazine rings is 1. The number of carbonyl (C=O) groups is 2. The highest BCUT2D eigenvalue weighted by atomic mass is 32.2. The molecule has 1 aromatic rings. The molecule has 1 N–H and O–H groups in total. The monoisotopic (exact) mass is 308 g/mol. The summed E-state index contributed by atoms with van der Waals surface area (Å²) in [6, 6.07) is 0. The number of amides is 2. The van der Waals surface area contributed by atoms with Gasteiger partial charge < -0.3 is 10.2 Å². The SMILES string of the molecule is CC1(C)C(=O)NCCN1C(=O)c1cnc2n(c1=O)CCS2. The second kappa shape index (κ2) is 4.87. The molecule has 0 aromatic carbocycles. The van der Waals surface area contributed by atoms with E-state index in [-0.39, 0.29) is 17.0 Å². The summed E-state index contributed by atoms with van der Waals surface area (Å²) in [4.78, 5) is 42.6. The third-order valence-corrected chi connectivity index (χ3v) is 4.85. The Morgan fingerprint density at radius 2 is 2.14 bits per heavy atom. The molecular weight excluding hydrogens is 292 g/mol. The Bertz CT molecular complexity index is 682. The van der Waals surface area contributed by atoms with Crippen LogP contribution in [-0.4, -0.2) is 50.6 Å². The van der Waals surface area contributed by atoms with E-state index in [1.165, 1.54) is 27.4 Å². The van der Waals surface area contributed by atoms with E-state index in [2.05, 4.69) is 10.3 Å². The van der Waals surface area contributed by atoms with Gasteiger partial charge >= 0.3 is 0 Å². The molecule has 7 nitrogen and oxygen atoms in total. The van der Waals surface area contributed by atoms with Crippen molar-refractivity contribution in [2.75, 3.05) is 18.8 Å². The predicted octanol–water partition coefficient (Wildman–Crippen LogP) is -0.300. The zero-order valence-electron chi connectivity index (χ0n) is 11.9. The van der Waals surface area contributed by atoms with Crippen LogP contribution < -0.4 is 10.9 Å². The quantitative estimate of drug-likeness (QED) is 0.720. The molecule has 21 heavy (non-hydrogen) atoms. The molecule has 1 aromatic heterocycles. The van der Waals surface area contributed by atoms with E-state index < -0.39 is 11.4 Å². The number of nitrogens with zero attached hydrogens (tertiary/aromatic N) is 3. The zero-order chi connectivity index (χ0) is 15.2. The first kappa shape index (κ1) is 14.1. The summed E-state index contributed by atoms with van der Waals surface area (Å²) in [6.07, 6.45) is 1.33. The maximum Gasteiger partial charge on any atom is 0.267 e. The summed E-state index contributed by atoms with van der Waals surface area (Å²) < 4.78 is 1.52. The van der Waals surface area contributed by atoms with Gasteiger partial charge in [0, 0.05) is 31.6 Å². The van der Waals surface area contributed by atoms with Gasteiger partial charge in [-0.2, -0.15) is 0 Å². The molecule has 0 saturated carbocycles. The van der Waals surface area contributed by atoms with Crippen LogP contribution in [0.5, 0.6) is 0 Å². The Kier molecular flexibility index (Phi) is 3.27.